The quantitative estimate of drug-likeness (QED) is 0.409. The number of nitrogens with two attached hydrogens (primary N) is 2. The molecular formula is C20H18ClN5O2. The first-order chi connectivity index (χ1) is 13.1. The molecule has 142 valence electrons. The van der Waals surface area contributed by atoms with Crippen molar-refractivity contribution in [1.29, 1.82) is 0 Å². The molecule has 0 saturated heterocycles. The van der Waals surface area contributed by atoms with Crippen LogP contribution in [0.2, 0.25) is 0 Å². The average Bonchev–Trinajstić information content (AvgIpc) is 3.06. The highest BCUT2D eigenvalue weighted by atomic mass is 35.5. The van der Waals surface area contributed by atoms with Crippen LogP contribution in [0.3, 0.4) is 0 Å². The fourth-order valence-corrected chi connectivity index (χ4v) is 3.17. The number of pyridine rings is 1. The molecule has 0 atom stereocenters. The normalized spacial score (nSPS) is 10.5. The van der Waals surface area contributed by atoms with E-state index in [-0.39, 0.29) is 18.4 Å². The first-order valence-corrected chi connectivity index (χ1v) is 8.25. The molecule has 0 saturated carbocycles. The molecule has 0 unspecified atom stereocenters. The van der Waals surface area contributed by atoms with Gasteiger partial charge in [0, 0.05) is 23.2 Å². The molecule has 0 fully saturated rings. The number of hydrogen-bond acceptors (Lipinski definition) is 3. The van der Waals surface area contributed by atoms with Crippen LogP contribution in [-0.4, -0.2) is 28.5 Å². The fourth-order valence-electron chi connectivity index (χ4n) is 3.17. The van der Waals surface area contributed by atoms with E-state index in [2.05, 4.69) is 9.98 Å². The number of para-hydroxylation sites is 1. The predicted molar refractivity (Wildman–Crippen MR) is 113 cm³/mol. The molecule has 4 aromatic rings. The van der Waals surface area contributed by atoms with Gasteiger partial charge in [0.25, 0.3) is 5.91 Å². The third kappa shape index (κ3) is 3.23. The largest absolute Gasteiger partial charge is 0.497 e. The second-order valence-corrected chi connectivity index (χ2v) is 5.98. The van der Waals surface area contributed by atoms with Crippen LogP contribution in [0.4, 0.5) is 0 Å². The van der Waals surface area contributed by atoms with E-state index < -0.39 is 5.91 Å². The number of carbonyl (C=O) groups excluding carboxylic acids is 1. The Labute approximate surface area is 167 Å². The smallest absolute Gasteiger partial charge is 0.282 e. The molecule has 0 aliphatic rings. The summed E-state index contributed by atoms with van der Waals surface area (Å²) in [4.78, 5) is 20.6. The topological polar surface area (TPSA) is 109 Å². The Kier molecular flexibility index (Phi) is 5.19. The summed E-state index contributed by atoms with van der Waals surface area (Å²) >= 11 is 0. The average molecular weight is 396 g/mol. The number of halogens is 1. The predicted octanol–water partition coefficient (Wildman–Crippen LogP) is 3.02. The Balaban J connectivity index is 0.00000225. The number of nitrogens with zero attached hydrogens (tertiary/aromatic N) is 3. The molecule has 8 heteroatoms. The van der Waals surface area contributed by atoms with Crippen molar-refractivity contribution in [2.24, 2.45) is 16.5 Å². The lowest BCUT2D eigenvalue weighted by molar-refractivity contribution is 0.100. The van der Waals surface area contributed by atoms with E-state index in [1.165, 1.54) is 0 Å². The minimum absolute atomic E-state index is 0. The van der Waals surface area contributed by atoms with E-state index >= 15 is 0 Å². The fraction of sp³-hybridized carbons (Fsp3) is 0.0500. The molecule has 0 aliphatic carbocycles. The van der Waals surface area contributed by atoms with Crippen molar-refractivity contribution in [3.63, 3.8) is 0 Å². The van der Waals surface area contributed by atoms with Gasteiger partial charge in [-0.25, -0.2) is 0 Å². The Morgan fingerprint density at radius 3 is 2.64 bits per heavy atom. The molecule has 28 heavy (non-hydrogen) atoms. The van der Waals surface area contributed by atoms with Crippen molar-refractivity contribution in [2.45, 2.75) is 0 Å². The van der Waals surface area contributed by atoms with E-state index in [9.17, 15) is 4.79 Å². The van der Waals surface area contributed by atoms with Crippen LogP contribution < -0.4 is 16.2 Å². The lowest BCUT2D eigenvalue weighted by Gasteiger charge is -2.10. The maximum Gasteiger partial charge on any atom is 0.282 e. The zero-order chi connectivity index (χ0) is 19.0. The Morgan fingerprint density at radius 2 is 1.89 bits per heavy atom. The van der Waals surface area contributed by atoms with Gasteiger partial charge < -0.3 is 20.8 Å². The van der Waals surface area contributed by atoms with Crippen LogP contribution in [0.1, 0.15) is 10.4 Å². The molecular weight excluding hydrogens is 378 g/mol. The number of guanidine groups is 1. The third-order valence-electron chi connectivity index (χ3n) is 4.36. The van der Waals surface area contributed by atoms with Crippen LogP contribution in [0.5, 0.6) is 5.75 Å². The molecule has 0 radical (unpaired) electrons. The van der Waals surface area contributed by atoms with Crippen molar-refractivity contribution in [3.05, 3.63) is 66.5 Å². The molecule has 2 heterocycles. The number of benzene rings is 2. The Bertz CT molecular complexity index is 1210. The minimum Gasteiger partial charge on any atom is -0.497 e. The highest BCUT2D eigenvalue weighted by molar-refractivity contribution is 6.11. The summed E-state index contributed by atoms with van der Waals surface area (Å²) < 4.78 is 7.29. The third-order valence-corrected chi connectivity index (χ3v) is 4.36. The Hall–Kier alpha value is -3.58. The van der Waals surface area contributed by atoms with Gasteiger partial charge in [0.05, 0.1) is 29.4 Å². The summed E-state index contributed by atoms with van der Waals surface area (Å²) in [5.41, 5.74) is 13.7. The van der Waals surface area contributed by atoms with Crippen molar-refractivity contribution in [2.75, 3.05) is 7.11 Å². The number of amides is 1. The summed E-state index contributed by atoms with van der Waals surface area (Å²) in [6.07, 6.45) is 3.48. The number of hydrogen-bond donors (Lipinski definition) is 2. The van der Waals surface area contributed by atoms with Gasteiger partial charge in [-0.2, -0.15) is 4.99 Å². The lowest BCUT2D eigenvalue weighted by Crippen LogP contribution is -2.24. The SMILES string of the molecule is COc1ccc2nccc(-n3cc(C(=O)N=C(N)N)c4ccccc43)c2c1.Cl. The van der Waals surface area contributed by atoms with Crippen molar-refractivity contribution >= 4 is 46.1 Å². The van der Waals surface area contributed by atoms with E-state index in [1.54, 1.807) is 19.5 Å². The van der Waals surface area contributed by atoms with Crippen LogP contribution in [0, 0.1) is 0 Å². The zero-order valence-corrected chi connectivity index (χ0v) is 15.8. The molecule has 0 aliphatic heterocycles. The first-order valence-electron chi connectivity index (χ1n) is 8.25. The molecule has 7 nitrogen and oxygen atoms in total. The number of fused-ring (bicyclic) bond motifs is 2. The summed E-state index contributed by atoms with van der Waals surface area (Å²) in [7, 11) is 1.62. The van der Waals surface area contributed by atoms with E-state index in [0.717, 1.165) is 33.2 Å². The Morgan fingerprint density at radius 1 is 1.11 bits per heavy atom. The minimum atomic E-state index is -0.485. The molecule has 4 rings (SSSR count). The molecule has 4 N–H and O–H groups in total. The number of rotatable bonds is 3. The van der Waals surface area contributed by atoms with Gasteiger partial charge in [-0.1, -0.05) is 18.2 Å². The number of carbonyl (C=O) groups is 1. The summed E-state index contributed by atoms with van der Waals surface area (Å²) in [6.45, 7) is 0. The van der Waals surface area contributed by atoms with E-state index in [1.807, 2.05) is 53.1 Å². The number of aromatic nitrogens is 2. The second kappa shape index (κ2) is 7.58. The summed E-state index contributed by atoms with van der Waals surface area (Å²) in [5, 5.41) is 1.67. The summed E-state index contributed by atoms with van der Waals surface area (Å²) in [6, 6.07) is 15.2. The van der Waals surface area contributed by atoms with Gasteiger partial charge in [-0.3, -0.25) is 9.78 Å². The first kappa shape index (κ1) is 19.2. The maximum atomic E-state index is 12.5. The monoisotopic (exact) mass is 395 g/mol. The van der Waals surface area contributed by atoms with Crippen molar-refractivity contribution in [1.82, 2.24) is 9.55 Å². The summed E-state index contributed by atoms with van der Waals surface area (Å²) in [5.74, 6) is -0.0261. The van der Waals surface area contributed by atoms with Gasteiger partial charge >= 0.3 is 0 Å². The van der Waals surface area contributed by atoms with Gasteiger partial charge in [0.1, 0.15) is 5.75 Å². The molecule has 1 amide bonds. The van der Waals surface area contributed by atoms with Crippen molar-refractivity contribution in [3.8, 4) is 11.4 Å². The number of ether oxygens (including phenoxy) is 1. The molecule has 2 aromatic heterocycles. The molecule has 0 bridgehead atoms. The maximum absolute atomic E-state index is 12.5. The van der Waals surface area contributed by atoms with Crippen LogP contribution >= 0.6 is 12.4 Å². The van der Waals surface area contributed by atoms with E-state index in [4.69, 9.17) is 16.2 Å². The highest BCUT2D eigenvalue weighted by Crippen LogP contribution is 2.30. The number of aliphatic imine (C=N–C) groups is 1. The zero-order valence-electron chi connectivity index (χ0n) is 15.0. The molecule has 0 spiro atoms. The van der Waals surface area contributed by atoms with Gasteiger partial charge in [0.2, 0.25) is 0 Å². The lowest BCUT2D eigenvalue weighted by atomic mass is 10.1. The van der Waals surface area contributed by atoms with Gasteiger partial charge in [-0.15, -0.1) is 12.4 Å². The molecule has 2 aromatic carbocycles. The van der Waals surface area contributed by atoms with Crippen molar-refractivity contribution < 1.29 is 9.53 Å². The second-order valence-electron chi connectivity index (χ2n) is 5.98. The van der Waals surface area contributed by atoms with Crippen LogP contribution in [-0.2, 0) is 0 Å². The number of methoxy groups -OCH3 is 1. The standard InChI is InChI=1S/C20H17N5O2.ClH/c1-27-12-6-7-16-14(10-12)18(8-9-23-16)25-11-15(19(26)24-20(21)22)13-4-2-3-5-17(13)25;/h2-11H,1H3,(H4,21,22,24,26);1H. The van der Waals surface area contributed by atoms with E-state index in [0.29, 0.717) is 5.56 Å². The van der Waals surface area contributed by atoms with Crippen LogP contribution in [0.15, 0.2) is 65.9 Å². The highest BCUT2D eigenvalue weighted by Gasteiger charge is 2.17. The van der Waals surface area contributed by atoms with Gasteiger partial charge in [-0.05, 0) is 30.3 Å². The van der Waals surface area contributed by atoms with Gasteiger partial charge in [0.15, 0.2) is 5.96 Å². The van der Waals surface area contributed by atoms with Crippen LogP contribution in [0.25, 0.3) is 27.5 Å².